The lowest BCUT2D eigenvalue weighted by molar-refractivity contribution is -0.0279. The van der Waals surface area contributed by atoms with Gasteiger partial charge in [0, 0.05) is 25.2 Å². The molecule has 3 nitrogen and oxygen atoms in total. The van der Waals surface area contributed by atoms with Gasteiger partial charge in [0.25, 0.3) is 0 Å². The lowest BCUT2D eigenvalue weighted by Crippen LogP contribution is -2.48. The van der Waals surface area contributed by atoms with Crippen molar-refractivity contribution in [3.05, 3.63) is 22.8 Å². The Hall–Kier alpha value is -0.510. The summed E-state index contributed by atoms with van der Waals surface area (Å²) in [4.78, 5) is 6.55. The number of halogens is 2. The second kappa shape index (κ2) is 5.01. The van der Waals surface area contributed by atoms with Crippen LogP contribution in [0.4, 0.5) is 5.82 Å². The van der Waals surface area contributed by atoms with Gasteiger partial charge in [-0.15, -0.1) is 11.6 Å². The number of hydrogen-bond acceptors (Lipinski definition) is 3. The van der Waals surface area contributed by atoms with Crippen molar-refractivity contribution in [2.45, 2.75) is 25.3 Å². The number of alkyl halides is 1. The van der Waals surface area contributed by atoms with Gasteiger partial charge in [0.2, 0.25) is 0 Å². The maximum atomic E-state index is 6.23. The molecular weight excluding hydrogens is 259 g/mol. The Bertz CT molecular complexity index is 409. The van der Waals surface area contributed by atoms with Crippen molar-refractivity contribution in [1.82, 2.24) is 4.98 Å². The van der Waals surface area contributed by atoms with Gasteiger partial charge in [0.1, 0.15) is 5.82 Å². The van der Waals surface area contributed by atoms with Gasteiger partial charge in [-0.25, -0.2) is 4.98 Å². The van der Waals surface area contributed by atoms with Gasteiger partial charge >= 0.3 is 0 Å². The number of pyridine rings is 1. The van der Waals surface area contributed by atoms with E-state index < -0.39 is 0 Å². The third kappa shape index (κ3) is 3.03. The topological polar surface area (TPSA) is 25.4 Å². The Kier molecular flexibility index (Phi) is 3.81. The molecule has 0 saturated carbocycles. The van der Waals surface area contributed by atoms with Crippen LogP contribution >= 0.6 is 23.2 Å². The van der Waals surface area contributed by atoms with E-state index in [0.29, 0.717) is 17.5 Å². The van der Waals surface area contributed by atoms with Crippen molar-refractivity contribution < 1.29 is 4.74 Å². The van der Waals surface area contributed by atoms with E-state index in [4.69, 9.17) is 27.9 Å². The summed E-state index contributed by atoms with van der Waals surface area (Å²) in [6, 6.07) is 1.87. The molecule has 5 heteroatoms. The molecule has 1 aromatic rings. The van der Waals surface area contributed by atoms with Gasteiger partial charge in [0.15, 0.2) is 0 Å². The molecule has 0 aromatic carbocycles. The highest BCUT2D eigenvalue weighted by atomic mass is 35.5. The molecule has 94 valence electrons. The van der Waals surface area contributed by atoms with E-state index in [9.17, 15) is 0 Å². The first kappa shape index (κ1) is 12.9. The van der Waals surface area contributed by atoms with Crippen LogP contribution in [0.3, 0.4) is 0 Å². The highest BCUT2D eigenvalue weighted by Crippen LogP contribution is 2.28. The molecule has 1 aliphatic heterocycles. The Labute approximate surface area is 112 Å². The van der Waals surface area contributed by atoms with E-state index in [0.717, 1.165) is 24.5 Å². The van der Waals surface area contributed by atoms with Crippen molar-refractivity contribution in [1.29, 1.82) is 0 Å². The van der Waals surface area contributed by atoms with E-state index in [1.54, 1.807) is 6.20 Å². The van der Waals surface area contributed by atoms with Crippen LogP contribution in [0.2, 0.25) is 5.02 Å². The molecule has 2 heterocycles. The van der Waals surface area contributed by atoms with E-state index in [1.165, 1.54) is 0 Å². The van der Waals surface area contributed by atoms with E-state index in [2.05, 4.69) is 23.7 Å². The molecular formula is C12H16Cl2N2O. The summed E-state index contributed by atoms with van der Waals surface area (Å²) in [6.45, 7) is 6.44. The van der Waals surface area contributed by atoms with Crippen LogP contribution in [0, 0.1) is 0 Å². The summed E-state index contributed by atoms with van der Waals surface area (Å²) in [7, 11) is 0. The molecule has 0 amide bonds. The molecule has 1 aliphatic rings. The Balaban J connectivity index is 2.22. The van der Waals surface area contributed by atoms with Gasteiger partial charge in [0.05, 0.1) is 17.2 Å². The number of anilines is 1. The Morgan fingerprint density at radius 1 is 1.53 bits per heavy atom. The number of rotatable bonds is 2. The summed E-state index contributed by atoms with van der Waals surface area (Å²) in [5.74, 6) is 1.25. The third-order valence-corrected chi connectivity index (χ3v) is 3.34. The molecule has 0 aliphatic carbocycles. The van der Waals surface area contributed by atoms with Crippen LogP contribution in [0.5, 0.6) is 0 Å². The maximum Gasteiger partial charge on any atom is 0.147 e. The van der Waals surface area contributed by atoms with Crippen molar-refractivity contribution in [2.24, 2.45) is 0 Å². The fraction of sp³-hybridized carbons (Fsp3) is 0.583. The zero-order chi connectivity index (χ0) is 12.5. The van der Waals surface area contributed by atoms with E-state index in [-0.39, 0.29) is 5.60 Å². The highest BCUT2D eigenvalue weighted by molar-refractivity contribution is 6.33. The molecule has 1 aromatic heterocycles. The first-order chi connectivity index (χ1) is 8.02. The van der Waals surface area contributed by atoms with E-state index >= 15 is 0 Å². The first-order valence-electron chi connectivity index (χ1n) is 5.61. The minimum Gasteiger partial charge on any atom is -0.372 e. The van der Waals surface area contributed by atoms with Crippen LogP contribution in [0.1, 0.15) is 19.4 Å². The number of morpholine rings is 1. The van der Waals surface area contributed by atoms with E-state index in [1.807, 2.05) is 6.07 Å². The molecule has 1 saturated heterocycles. The molecule has 0 N–H and O–H groups in total. The molecule has 0 atom stereocenters. The van der Waals surface area contributed by atoms with Crippen LogP contribution in [-0.2, 0) is 10.6 Å². The molecule has 1 fully saturated rings. The zero-order valence-corrected chi connectivity index (χ0v) is 11.6. The third-order valence-electron chi connectivity index (χ3n) is 2.76. The summed E-state index contributed by atoms with van der Waals surface area (Å²) in [5.41, 5.74) is 0.780. The number of nitrogens with zero attached hydrogens (tertiary/aromatic N) is 2. The van der Waals surface area contributed by atoms with Gasteiger partial charge in [-0.2, -0.15) is 0 Å². The van der Waals surface area contributed by atoms with Gasteiger partial charge < -0.3 is 9.64 Å². The normalized spacial score (nSPS) is 19.4. The van der Waals surface area contributed by atoms with Crippen LogP contribution in [0.25, 0.3) is 0 Å². The first-order valence-corrected chi connectivity index (χ1v) is 6.52. The average Bonchev–Trinajstić information content (AvgIpc) is 2.27. The second-order valence-corrected chi connectivity index (χ2v) is 5.49. The highest BCUT2D eigenvalue weighted by Gasteiger charge is 2.28. The van der Waals surface area contributed by atoms with Crippen LogP contribution in [0.15, 0.2) is 12.3 Å². The number of hydrogen-bond donors (Lipinski definition) is 0. The van der Waals surface area contributed by atoms with Crippen LogP contribution < -0.4 is 4.90 Å². The largest absolute Gasteiger partial charge is 0.372 e. The standard InChI is InChI=1S/C12H16Cl2N2O/c1-12(2)8-16(3-4-17-12)11-10(14)5-9(6-13)7-15-11/h5,7H,3-4,6,8H2,1-2H3. The van der Waals surface area contributed by atoms with Crippen molar-refractivity contribution >= 4 is 29.0 Å². The van der Waals surface area contributed by atoms with Gasteiger partial charge in [-0.3, -0.25) is 0 Å². The zero-order valence-electron chi connectivity index (χ0n) is 10.0. The minimum atomic E-state index is -0.158. The Morgan fingerprint density at radius 2 is 2.29 bits per heavy atom. The molecule has 0 unspecified atom stereocenters. The average molecular weight is 275 g/mol. The molecule has 17 heavy (non-hydrogen) atoms. The van der Waals surface area contributed by atoms with Crippen molar-refractivity contribution in [3.8, 4) is 0 Å². The summed E-state index contributed by atoms with van der Waals surface area (Å²) in [6.07, 6.45) is 1.77. The van der Waals surface area contributed by atoms with Gasteiger partial charge in [-0.05, 0) is 25.5 Å². The molecule has 0 radical (unpaired) electrons. The summed E-state index contributed by atoms with van der Waals surface area (Å²) in [5, 5.41) is 0.654. The SMILES string of the molecule is CC1(C)CN(c2ncc(CCl)cc2Cl)CCO1. The predicted octanol–water partition coefficient (Wildman–Crippen LogP) is 3.09. The minimum absolute atomic E-state index is 0.158. The quantitative estimate of drug-likeness (QED) is 0.775. The maximum absolute atomic E-state index is 6.23. The monoisotopic (exact) mass is 274 g/mol. The number of ether oxygens (including phenoxy) is 1. The summed E-state index contributed by atoms with van der Waals surface area (Å²) < 4.78 is 5.67. The fourth-order valence-electron chi connectivity index (χ4n) is 1.97. The molecule has 2 rings (SSSR count). The van der Waals surface area contributed by atoms with Crippen LogP contribution in [-0.4, -0.2) is 30.3 Å². The Morgan fingerprint density at radius 3 is 2.88 bits per heavy atom. The van der Waals surface area contributed by atoms with Gasteiger partial charge in [-0.1, -0.05) is 11.6 Å². The van der Waals surface area contributed by atoms with Crippen molar-refractivity contribution in [2.75, 3.05) is 24.6 Å². The van der Waals surface area contributed by atoms with Crippen molar-refractivity contribution in [3.63, 3.8) is 0 Å². The predicted molar refractivity (Wildman–Crippen MR) is 71.0 cm³/mol. The molecule has 0 spiro atoms. The smallest absolute Gasteiger partial charge is 0.147 e. The lowest BCUT2D eigenvalue weighted by atomic mass is 10.1. The lowest BCUT2D eigenvalue weighted by Gasteiger charge is -2.39. The summed E-state index contributed by atoms with van der Waals surface area (Å²) >= 11 is 12.0. The second-order valence-electron chi connectivity index (χ2n) is 4.81. The molecule has 0 bridgehead atoms. The number of aromatic nitrogens is 1. The fourth-order valence-corrected chi connectivity index (χ4v) is 2.43.